The van der Waals surface area contributed by atoms with Crippen LogP contribution in [-0.4, -0.2) is 13.1 Å². The lowest BCUT2D eigenvalue weighted by molar-refractivity contribution is 0.313. The first-order valence-electron chi connectivity index (χ1n) is 5.46. The van der Waals surface area contributed by atoms with Crippen molar-refractivity contribution in [1.82, 2.24) is 5.32 Å². The highest BCUT2D eigenvalue weighted by atomic mass is 14.8. The third-order valence-electron chi connectivity index (χ3n) is 2.73. The Labute approximate surface area is 77.9 Å². The van der Waals surface area contributed by atoms with E-state index in [1.165, 1.54) is 25.8 Å². The van der Waals surface area contributed by atoms with Gasteiger partial charge in [0.25, 0.3) is 0 Å². The predicted molar refractivity (Wildman–Crippen MR) is 56.4 cm³/mol. The van der Waals surface area contributed by atoms with Gasteiger partial charge in [-0.05, 0) is 24.9 Å². The molecule has 1 N–H and O–H groups in total. The monoisotopic (exact) mass is 171 g/mol. The van der Waals surface area contributed by atoms with Crippen LogP contribution in [0.5, 0.6) is 0 Å². The molecule has 2 atom stereocenters. The van der Waals surface area contributed by atoms with Crippen molar-refractivity contribution in [3.63, 3.8) is 0 Å². The molecule has 0 fully saturated rings. The molecule has 0 amide bonds. The first kappa shape index (κ1) is 12.0. The SMILES string of the molecule is CCCC(C)C(CC)CNCC. The molecule has 0 saturated heterocycles. The fourth-order valence-corrected chi connectivity index (χ4v) is 1.77. The van der Waals surface area contributed by atoms with Crippen LogP contribution >= 0.6 is 0 Å². The van der Waals surface area contributed by atoms with E-state index in [-0.39, 0.29) is 0 Å². The minimum Gasteiger partial charge on any atom is -0.317 e. The Hall–Kier alpha value is -0.0400. The van der Waals surface area contributed by atoms with Crippen LogP contribution in [0.3, 0.4) is 0 Å². The van der Waals surface area contributed by atoms with Gasteiger partial charge < -0.3 is 5.32 Å². The zero-order chi connectivity index (χ0) is 9.40. The smallest absolute Gasteiger partial charge is 0.00182 e. The van der Waals surface area contributed by atoms with Crippen molar-refractivity contribution in [2.24, 2.45) is 11.8 Å². The van der Waals surface area contributed by atoms with Crippen LogP contribution in [0, 0.1) is 11.8 Å². The number of hydrogen-bond donors (Lipinski definition) is 1. The van der Waals surface area contributed by atoms with Crippen molar-refractivity contribution < 1.29 is 0 Å². The van der Waals surface area contributed by atoms with Gasteiger partial charge in [-0.25, -0.2) is 0 Å². The largest absolute Gasteiger partial charge is 0.317 e. The molecule has 2 unspecified atom stereocenters. The third-order valence-corrected chi connectivity index (χ3v) is 2.73. The Kier molecular flexibility index (Phi) is 7.58. The maximum absolute atomic E-state index is 3.44. The summed E-state index contributed by atoms with van der Waals surface area (Å²) >= 11 is 0. The van der Waals surface area contributed by atoms with Crippen molar-refractivity contribution >= 4 is 0 Å². The quantitative estimate of drug-likeness (QED) is 0.621. The molecule has 74 valence electrons. The summed E-state index contributed by atoms with van der Waals surface area (Å²) in [7, 11) is 0. The molecule has 12 heavy (non-hydrogen) atoms. The van der Waals surface area contributed by atoms with E-state index in [2.05, 4.69) is 33.0 Å². The van der Waals surface area contributed by atoms with E-state index < -0.39 is 0 Å². The summed E-state index contributed by atoms with van der Waals surface area (Å²) < 4.78 is 0. The molecular weight excluding hydrogens is 146 g/mol. The maximum atomic E-state index is 3.44. The van der Waals surface area contributed by atoms with Crippen LogP contribution < -0.4 is 5.32 Å². The minimum atomic E-state index is 0.880. The van der Waals surface area contributed by atoms with Gasteiger partial charge in [0, 0.05) is 0 Å². The van der Waals surface area contributed by atoms with Crippen molar-refractivity contribution in [3.8, 4) is 0 Å². The van der Waals surface area contributed by atoms with Crippen LogP contribution in [0.2, 0.25) is 0 Å². The lowest BCUT2D eigenvalue weighted by atomic mass is 9.88. The van der Waals surface area contributed by atoms with Crippen LogP contribution in [0.1, 0.15) is 47.0 Å². The second-order valence-corrected chi connectivity index (χ2v) is 3.74. The molecule has 1 heteroatoms. The molecule has 0 rings (SSSR count). The fourth-order valence-electron chi connectivity index (χ4n) is 1.77. The average molecular weight is 171 g/mol. The van der Waals surface area contributed by atoms with E-state index in [9.17, 15) is 0 Å². The first-order valence-corrected chi connectivity index (χ1v) is 5.46. The van der Waals surface area contributed by atoms with E-state index >= 15 is 0 Å². The zero-order valence-corrected chi connectivity index (χ0v) is 9.19. The summed E-state index contributed by atoms with van der Waals surface area (Å²) in [5.74, 6) is 1.77. The molecule has 0 saturated carbocycles. The number of rotatable bonds is 7. The van der Waals surface area contributed by atoms with Gasteiger partial charge in [0.2, 0.25) is 0 Å². The maximum Gasteiger partial charge on any atom is -0.00182 e. The normalized spacial score (nSPS) is 16.0. The fraction of sp³-hybridized carbons (Fsp3) is 1.00. The third kappa shape index (κ3) is 4.76. The van der Waals surface area contributed by atoms with Gasteiger partial charge in [-0.1, -0.05) is 47.0 Å². The number of hydrogen-bond acceptors (Lipinski definition) is 1. The Morgan fingerprint density at radius 2 is 1.83 bits per heavy atom. The van der Waals surface area contributed by atoms with Crippen LogP contribution in [0.4, 0.5) is 0 Å². The van der Waals surface area contributed by atoms with Crippen LogP contribution in [-0.2, 0) is 0 Å². The highest BCUT2D eigenvalue weighted by Gasteiger charge is 2.13. The van der Waals surface area contributed by atoms with Gasteiger partial charge in [-0.3, -0.25) is 0 Å². The van der Waals surface area contributed by atoms with Crippen molar-refractivity contribution in [3.05, 3.63) is 0 Å². The predicted octanol–water partition coefficient (Wildman–Crippen LogP) is 3.06. The summed E-state index contributed by atoms with van der Waals surface area (Å²) in [6.07, 6.45) is 4.02. The lowest BCUT2D eigenvalue weighted by Gasteiger charge is -2.22. The second kappa shape index (κ2) is 7.60. The van der Waals surface area contributed by atoms with Crippen molar-refractivity contribution in [1.29, 1.82) is 0 Å². The molecule has 0 radical (unpaired) electrons. The second-order valence-electron chi connectivity index (χ2n) is 3.74. The van der Waals surface area contributed by atoms with E-state index in [0.717, 1.165) is 18.4 Å². The minimum absolute atomic E-state index is 0.880. The van der Waals surface area contributed by atoms with E-state index in [1.807, 2.05) is 0 Å². The van der Waals surface area contributed by atoms with Gasteiger partial charge in [0.05, 0.1) is 0 Å². The Morgan fingerprint density at radius 3 is 2.25 bits per heavy atom. The topological polar surface area (TPSA) is 12.0 Å². The summed E-state index contributed by atoms with van der Waals surface area (Å²) in [5.41, 5.74) is 0. The Bertz CT molecular complexity index is 91.0. The zero-order valence-electron chi connectivity index (χ0n) is 9.19. The molecule has 0 aliphatic carbocycles. The Morgan fingerprint density at radius 1 is 1.17 bits per heavy atom. The summed E-state index contributed by atoms with van der Waals surface area (Å²) in [6.45, 7) is 11.4. The molecule has 0 aliphatic rings. The summed E-state index contributed by atoms with van der Waals surface area (Å²) in [5, 5.41) is 3.44. The van der Waals surface area contributed by atoms with Gasteiger partial charge in [-0.15, -0.1) is 0 Å². The molecule has 0 bridgehead atoms. The van der Waals surface area contributed by atoms with Crippen molar-refractivity contribution in [2.45, 2.75) is 47.0 Å². The van der Waals surface area contributed by atoms with Crippen LogP contribution in [0.25, 0.3) is 0 Å². The van der Waals surface area contributed by atoms with Gasteiger partial charge in [0.1, 0.15) is 0 Å². The summed E-state index contributed by atoms with van der Waals surface area (Å²) in [6, 6.07) is 0. The van der Waals surface area contributed by atoms with Crippen molar-refractivity contribution in [2.75, 3.05) is 13.1 Å². The first-order chi connectivity index (χ1) is 5.76. The Balaban J connectivity index is 3.62. The van der Waals surface area contributed by atoms with Crippen LogP contribution in [0.15, 0.2) is 0 Å². The highest BCUT2D eigenvalue weighted by molar-refractivity contribution is 4.66. The summed E-state index contributed by atoms with van der Waals surface area (Å²) in [4.78, 5) is 0. The molecule has 0 aromatic rings. The lowest BCUT2D eigenvalue weighted by Crippen LogP contribution is -2.26. The standard InChI is InChI=1S/C11H25N/c1-5-8-10(4)11(6-2)9-12-7-3/h10-12H,5-9H2,1-4H3. The average Bonchev–Trinajstić information content (AvgIpc) is 2.06. The highest BCUT2D eigenvalue weighted by Crippen LogP contribution is 2.19. The van der Waals surface area contributed by atoms with E-state index in [4.69, 9.17) is 0 Å². The molecular formula is C11H25N. The molecule has 1 nitrogen and oxygen atoms in total. The molecule has 0 heterocycles. The van der Waals surface area contributed by atoms with Gasteiger partial charge in [0.15, 0.2) is 0 Å². The molecule has 0 aromatic carbocycles. The van der Waals surface area contributed by atoms with E-state index in [1.54, 1.807) is 0 Å². The molecule has 0 aromatic heterocycles. The van der Waals surface area contributed by atoms with E-state index in [0.29, 0.717) is 0 Å². The van der Waals surface area contributed by atoms with Gasteiger partial charge in [-0.2, -0.15) is 0 Å². The molecule has 0 aliphatic heterocycles. The van der Waals surface area contributed by atoms with Gasteiger partial charge >= 0.3 is 0 Å². The number of nitrogens with one attached hydrogen (secondary N) is 1. The molecule has 0 spiro atoms.